The molecular formula is C18H24N4. The highest BCUT2D eigenvalue weighted by molar-refractivity contribution is 5.80. The lowest BCUT2D eigenvalue weighted by molar-refractivity contribution is 0.684. The summed E-state index contributed by atoms with van der Waals surface area (Å²) < 4.78 is 0. The molecule has 1 aromatic carbocycles. The SMILES string of the molecule is CN=C(NCCc1ccncc1C)NC(C)c1ccccc1. The first-order chi connectivity index (χ1) is 10.7. The number of hydrogen-bond donors (Lipinski definition) is 2. The van der Waals surface area contributed by atoms with Crippen molar-refractivity contribution in [2.45, 2.75) is 26.3 Å². The summed E-state index contributed by atoms with van der Waals surface area (Å²) in [5.41, 5.74) is 3.79. The van der Waals surface area contributed by atoms with E-state index in [2.05, 4.69) is 64.8 Å². The molecule has 0 spiro atoms. The van der Waals surface area contributed by atoms with Gasteiger partial charge in [-0.25, -0.2) is 0 Å². The molecule has 0 amide bonds. The van der Waals surface area contributed by atoms with Crippen molar-refractivity contribution in [1.82, 2.24) is 15.6 Å². The molecule has 0 radical (unpaired) electrons. The first kappa shape index (κ1) is 16.0. The molecule has 116 valence electrons. The van der Waals surface area contributed by atoms with Gasteiger partial charge in [0.1, 0.15) is 0 Å². The number of nitrogens with one attached hydrogen (secondary N) is 2. The second kappa shape index (κ2) is 8.17. The van der Waals surface area contributed by atoms with Crippen molar-refractivity contribution in [1.29, 1.82) is 0 Å². The molecule has 1 atom stereocenters. The van der Waals surface area contributed by atoms with E-state index in [1.165, 1.54) is 16.7 Å². The Labute approximate surface area is 132 Å². The average molecular weight is 296 g/mol. The molecule has 0 saturated carbocycles. The smallest absolute Gasteiger partial charge is 0.191 e. The van der Waals surface area contributed by atoms with Gasteiger partial charge in [0.2, 0.25) is 0 Å². The summed E-state index contributed by atoms with van der Waals surface area (Å²) in [4.78, 5) is 8.41. The van der Waals surface area contributed by atoms with Gasteiger partial charge in [-0.15, -0.1) is 0 Å². The van der Waals surface area contributed by atoms with E-state index < -0.39 is 0 Å². The van der Waals surface area contributed by atoms with Gasteiger partial charge in [-0.05, 0) is 43.0 Å². The van der Waals surface area contributed by atoms with E-state index >= 15 is 0 Å². The van der Waals surface area contributed by atoms with Crippen LogP contribution in [0.3, 0.4) is 0 Å². The fourth-order valence-corrected chi connectivity index (χ4v) is 2.32. The first-order valence-electron chi connectivity index (χ1n) is 7.62. The van der Waals surface area contributed by atoms with Crippen LogP contribution in [0.2, 0.25) is 0 Å². The Hall–Kier alpha value is -2.36. The summed E-state index contributed by atoms with van der Waals surface area (Å²) in [6.07, 6.45) is 4.70. The van der Waals surface area contributed by atoms with Gasteiger partial charge in [0.15, 0.2) is 5.96 Å². The third-order valence-electron chi connectivity index (χ3n) is 3.70. The number of aryl methyl sites for hydroxylation is 1. The molecule has 4 heteroatoms. The normalized spacial score (nSPS) is 12.8. The van der Waals surface area contributed by atoms with Crippen LogP contribution >= 0.6 is 0 Å². The van der Waals surface area contributed by atoms with Gasteiger partial charge in [0.05, 0.1) is 6.04 Å². The van der Waals surface area contributed by atoms with Crippen LogP contribution in [-0.2, 0) is 6.42 Å². The topological polar surface area (TPSA) is 49.3 Å². The number of aliphatic imine (C=N–C) groups is 1. The van der Waals surface area contributed by atoms with Crippen LogP contribution in [0, 0.1) is 6.92 Å². The molecule has 2 N–H and O–H groups in total. The summed E-state index contributed by atoms with van der Waals surface area (Å²) >= 11 is 0. The van der Waals surface area contributed by atoms with E-state index in [4.69, 9.17) is 0 Å². The average Bonchev–Trinajstić information content (AvgIpc) is 2.56. The summed E-state index contributed by atoms with van der Waals surface area (Å²) in [6, 6.07) is 12.7. The quantitative estimate of drug-likeness (QED) is 0.659. The van der Waals surface area contributed by atoms with Crippen molar-refractivity contribution in [3.05, 3.63) is 65.5 Å². The van der Waals surface area contributed by atoms with Gasteiger partial charge in [-0.3, -0.25) is 9.98 Å². The predicted octanol–water partition coefficient (Wildman–Crippen LogP) is 2.86. The monoisotopic (exact) mass is 296 g/mol. The molecule has 1 heterocycles. The standard InChI is InChI=1S/C18H24N4/c1-14-13-20-11-9-16(14)10-12-21-18(19-3)22-15(2)17-7-5-4-6-8-17/h4-9,11,13,15H,10,12H2,1-3H3,(H2,19,21,22). The number of aromatic nitrogens is 1. The van der Waals surface area contributed by atoms with Crippen molar-refractivity contribution >= 4 is 5.96 Å². The van der Waals surface area contributed by atoms with Crippen LogP contribution in [0.4, 0.5) is 0 Å². The van der Waals surface area contributed by atoms with E-state index in [9.17, 15) is 0 Å². The highest BCUT2D eigenvalue weighted by Gasteiger charge is 2.07. The maximum Gasteiger partial charge on any atom is 0.191 e. The van der Waals surface area contributed by atoms with Gasteiger partial charge in [0.25, 0.3) is 0 Å². The van der Waals surface area contributed by atoms with Gasteiger partial charge in [-0.2, -0.15) is 0 Å². The molecule has 0 aliphatic heterocycles. The number of benzene rings is 1. The Morgan fingerprint density at radius 3 is 2.68 bits per heavy atom. The van der Waals surface area contributed by atoms with Crippen LogP contribution < -0.4 is 10.6 Å². The minimum absolute atomic E-state index is 0.218. The van der Waals surface area contributed by atoms with Crippen molar-refractivity contribution in [3.8, 4) is 0 Å². The number of guanidine groups is 1. The summed E-state index contributed by atoms with van der Waals surface area (Å²) in [7, 11) is 1.80. The maximum atomic E-state index is 4.29. The Morgan fingerprint density at radius 2 is 2.00 bits per heavy atom. The zero-order chi connectivity index (χ0) is 15.8. The van der Waals surface area contributed by atoms with Crippen LogP contribution in [0.1, 0.15) is 29.7 Å². The number of nitrogens with zero attached hydrogens (tertiary/aromatic N) is 2. The van der Waals surface area contributed by atoms with Crippen molar-refractivity contribution in [2.24, 2.45) is 4.99 Å². The lowest BCUT2D eigenvalue weighted by atomic mass is 10.1. The fourth-order valence-electron chi connectivity index (χ4n) is 2.32. The largest absolute Gasteiger partial charge is 0.356 e. The molecule has 1 aromatic heterocycles. The highest BCUT2D eigenvalue weighted by Crippen LogP contribution is 2.10. The first-order valence-corrected chi connectivity index (χ1v) is 7.62. The van der Waals surface area contributed by atoms with Crippen LogP contribution in [0.5, 0.6) is 0 Å². The molecule has 1 unspecified atom stereocenters. The molecule has 0 bridgehead atoms. The van der Waals surface area contributed by atoms with Gasteiger partial charge >= 0.3 is 0 Å². The summed E-state index contributed by atoms with van der Waals surface area (Å²) in [6.45, 7) is 5.06. The third kappa shape index (κ3) is 4.58. The number of rotatable bonds is 5. The van der Waals surface area contributed by atoms with Crippen LogP contribution in [0.15, 0.2) is 53.8 Å². The van der Waals surface area contributed by atoms with E-state index in [-0.39, 0.29) is 6.04 Å². The molecular weight excluding hydrogens is 272 g/mol. The summed E-state index contributed by atoms with van der Waals surface area (Å²) in [5.74, 6) is 0.822. The Balaban J connectivity index is 1.84. The second-order valence-corrected chi connectivity index (χ2v) is 5.33. The molecule has 0 aliphatic carbocycles. The molecule has 4 nitrogen and oxygen atoms in total. The van der Waals surface area contributed by atoms with E-state index in [0.29, 0.717) is 0 Å². The molecule has 2 rings (SSSR count). The Bertz CT molecular complexity index is 607. The molecule has 0 fully saturated rings. The number of hydrogen-bond acceptors (Lipinski definition) is 2. The van der Waals surface area contributed by atoms with E-state index in [0.717, 1.165) is 18.9 Å². The van der Waals surface area contributed by atoms with Gasteiger partial charge in [-0.1, -0.05) is 30.3 Å². The van der Waals surface area contributed by atoms with Crippen molar-refractivity contribution < 1.29 is 0 Å². The van der Waals surface area contributed by atoms with E-state index in [1.54, 1.807) is 7.05 Å². The zero-order valence-electron chi connectivity index (χ0n) is 13.5. The molecule has 2 aromatic rings. The van der Waals surface area contributed by atoms with E-state index in [1.807, 2.05) is 18.5 Å². The molecule has 22 heavy (non-hydrogen) atoms. The lowest BCUT2D eigenvalue weighted by Crippen LogP contribution is -2.39. The van der Waals surface area contributed by atoms with Crippen molar-refractivity contribution in [2.75, 3.05) is 13.6 Å². The highest BCUT2D eigenvalue weighted by atomic mass is 15.2. The van der Waals surface area contributed by atoms with Gasteiger partial charge < -0.3 is 10.6 Å². The van der Waals surface area contributed by atoms with Crippen LogP contribution in [-0.4, -0.2) is 24.5 Å². The molecule has 0 saturated heterocycles. The number of pyridine rings is 1. The van der Waals surface area contributed by atoms with Gasteiger partial charge in [0, 0.05) is 26.0 Å². The fraction of sp³-hybridized carbons (Fsp3) is 0.333. The maximum absolute atomic E-state index is 4.29. The minimum Gasteiger partial charge on any atom is -0.356 e. The third-order valence-corrected chi connectivity index (χ3v) is 3.70. The second-order valence-electron chi connectivity index (χ2n) is 5.33. The molecule has 0 aliphatic rings. The Morgan fingerprint density at radius 1 is 1.23 bits per heavy atom. The minimum atomic E-state index is 0.218. The van der Waals surface area contributed by atoms with Crippen molar-refractivity contribution in [3.63, 3.8) is 0 Å². The predicted molar refractivity (Wildman–Crippen MR) is 92.0 cm³/mol. The summed E-state index contributed by atoms with van der Waals surface area (Å²) in [5, 5.41) is 6.77. The van der Waals surface area contributed by atoms with Crippen LogP contribution in [0.25, 0.3) is 0 Å². The Kier molecular flexibility index (Phi) is 5.95. The zero-order valence-corrected chi connectivity index (χ0v) is 13.5. The lowest BCUT2D eigenvalue weighted by Gasteiger charge is -2.18.